The van der Waals surface area contributed by atoms with Crippen LogP contribution in [0.4, 0.5) is 5.82 Å². The second-order valence-corrected chi connectivity index (χ2v) is 4.74. The Hall–Kier alpha value is -1.09. The second-order valence-electron chi connectivity index (χ2n) is 4.74. The fourth-order valence-corrected chi connectivity index (χ4v) is 2.29. The Morgan fingerprint density at radius 2 is 2.00 bits per heavy atom. The van der Waals surface area contributed by atoms with Crippen molar-refractivity contribution in [1.29, 1.82) is 0 Å². The van der Waals surface area contributed by atoms with Crippen LogP contribution >= 0.6 is 0 Å². The third-order valence-electron chi connectivity index (χ3n) is 3.53. The molecule has 3 heteroatoms. The van der Waals surface area contributed by atoms with Crippen molar-refractivity contribution < 1.29 is 0 Å². The fourth-order valence-electron chi connectivity index (χ4n) is 2.29. The third-order valence-corrected chi connectivity index (χ3v) is 3.53. The highest BCUT2D eigenvalue weighted by atomic mass is 15.2. The minimum atomic E-state index is 0.344. The molecule has 1 rings (SSSR count). The van der Waals surface area contributed by atoms with Crippen molar-refractivity contribution in [3.05, 3.63) is 23.9 Å². The molecule has 0 spiro atoms. The first-order valence-corrected chi connectivity index (χ1v) is 7.10. The maximum Gasteiger partial charge on any atom is 0.133 e. The Balaban J connectivity index is 3.06. The molecule has 1 N–H and O–H groups in total. The average Bonchev–Trinajstić information content (AvgIpc) is 2.40. The minimum Gasteiger partial charge on any atom is -0.354 e. The van der Waals surface area contributed by atoms with Gasteiger partial charge in [0.05, 0.1) is 0 Å². The molecule has 0 aliphatic rings. The molecule has 0 fully saturated rings. The fraction of sp³-hybridized carbons (Fsp3) is 0.667. The zero-order valence-corrected chi connectivity index (χ0v) is 12.4. The second kappa shape index (κ2) is 7.37. The highest BCUT2D eigenvalue weighted by Crippen LogP contribution is 2.25. The summed E-state index contributed by atoms with van der Waals surface area (Å²) in [6, 6.07) is 5.08. The molecule has 0 amide bonds. The molecule has 3 nitrogen and oxygen atoms in total. The molecular weight excluding hydrogens is 222 g/mol. The summed E-state index contributed by atoms with van der Waals surface area (Å²) in [5.41, 5.74) is 1.29. The van der Waals surface area contributed by atoms with Gasteiger partial charge < -0.3 is 10.2 Å². The normalized spacial score (nSPS) is 14.3. The third kappa shape index (κ3) is 3.45. The quantitative estimate of drug-likeness (QED) is 0.803. The summed E-state index contributed by atoms with van der Waals surface area (Å²) in [4.78, 5) is 7.00. The molecule has 0 aliphatic heterocycles. The molecule has 2 unspecified atom stereocenters. The van der Waals surface area contributed by atoms with Crippen LogP contribution in [-0.2, 0) is 0 Å². The van der Waals surface area contributed by atoms with Gasteiger partial charge in [-0.2, -0.15) is 0 Å². The number of nitrogens with zero attached hydrogens (tertiary/aromatic N) is 2. The van der Waals surface area contributed by atoms with Gasteiger partial charge in [0, 0.05) is 30.4 Å². The van der Waals surface area contributed by atoms with Crippen LogP contribution in [0.2, 0.25) is 0 Å². The Morgan fingerprint density at radius 1 is 1.28 bits per heavy atom. The van der Waals surface area contributed by atoms with E-state index in [0.29, 0.717) is 12.1 Å². The Kier molecular flexibility index (Phi) is 6.13. The Labute approximate surface area is 112 Å². The van der Waals surface area contributed by atoms with E-state index in [2.05, 4.69) is 55.9 Å². The summed E-state index contributed by atoms with van der Waals surface area (Å²) in [5.74, 6) is 1.13. The number of rotatable bonds is 7. The molecule has 0 radical (unpaired) electrons. The van der Waals surface area contributed by atoms with E-state index >= 15 is 0 Å². The molecule has 0 saturated carbocycles. The molecule has 2 atom stereocenters. The number of aromatic nitrogens is 1. The van der Waals surface area contributed by atoms with Gasteiger partial charge in [-0.1, -0.05) is 19.9 Å². The molecule has 1 aromatic heterocycles. The lowest BCUT2D eigenvalue weighted by atomic mass is 10.1. The molecule has 1 aromatic rings. The summed E-state index contributed by atoms with van der Waals surface area (Å²) >= 11 is 0. The summed E-state index contributed by atoms with van der Waals surface area (Å²) < 4.78 is 0. The average molecular weight is 249 g/mol. The predicted octanol–water partition coefficient (Wildman–Crippen LogP) is 3.38. The molecule has 0 aromatic carbocycles. The molecule has 0 bridgehead atoms. The summed E-state index contributed by atoms with van der Waals surface area (Å²) in [6.45, 7) is 13.0. The molecule has 18 heavy (non-hydrogen) atoms. The van der Waals surface area contributed by atoms with Crippen LogP contribution in [0, 0.1) is 0 Å². The zero-order chi connectivity index (χ0) is 13.5. The SMILES string of the molecule is CCNC(C)c1cccnc1N(CC)C(C)CC. The van der Waals surface area contributed by atoms with Crippen LogP contribution in [0.25, 0.3) is 0 Å². The van der Waals surface area contributed by atoms with E-state index in [1.165, 1.54) is 5.56 Å². The van der Waals surface area contributed by atoms with Gasteiger partial charge in [0.25, 0.3) is 0 Å². The molecule has 102 valence electrons. The van der Waals surface area contributed by atoms with Gasteiger partial charge in [0.2, 0.25) is 0 Å². The predicted molar refractivity (Wildman–Crippen MR) is 79.1 cm³/mol. The van der Waals surface area contributed by atoms with E-state index in [1.54, 1.807) is 0 Å². The summed E-state index contributed by atoms with van der Waals surface area (Å²) in [5, 5.41) is 3.47. The van der Waals surface area contributed by atoms with Gasteiger partial charge in [0.15, 0.2) is 0 Å². The van der Waals surface area contributed by atoms with E-state index in [4.69, 9.17) is 0 Å². The van der Waals surface area contributed by atoms with Crippen molar-refractivity contribution in [3.63, 3.8) is 0 Å². The van der Waals surface area contributed by atoms with E-state index in [9.17, 15) is 0 Å². The highest BCUT2D eigenvalue weighted by Gasteiger charge is 2.18. The van der Waals surface area contributed by atoms with Crippen LogP contribution in [0.1, 0.15) is 52.6 Å². The smallest absolute Gasteiger partial charge is 0.133 e. The lowest BCUT2D eigenvalue weighted by Gasteiger charge is -2.31. The molecule has 0 aliphatic carbocycles. The van der Waals surface area contributed by atoms with E-state index in [0.717, 1.165) is 25.3 Å². The Morgan fingerprint density at radius 3 is 2.56 bits per heavy atom. The highest BCUT2D eigenvalue weighted by molar-refractivity contribution is 5.49. The minimum absolute atomic E-state index is 0.344. The maximum atomic E-state index is 4.61. The van der Waals surface area contributed by atoms with E-state index in [1.807, 2.05) is 12.3 Å². The van der Waals surface area contributed by atoms with E-state index < -0.39 is 0 Å². The van der Waals surface area contributed by atoms with Crippen LogP contribution in [0.5, 0.6) is 0 Å². The van der Waals surface area contributed by atoms with Crippen molar-refractivity contribution in [2.24, 2.45) is 0 Å². The molecule has 0 saturated heterocycles. The first kappa shape index (κ1) is 15.0. The summed E-state index contributed by atoms with van der Waals surface area (Å²) in [6.07, 6.45) is 3.03. The van der Waals surface area contributed by atoms with Crippen LogP contribution in [0.15, 0.2) is 18.3 Å². The van der Waals surface area contributed by atoms with Gasteiger partial charge in [-0.25, -0.2) is 4.98 Å². The van der Waals surface area contributed by atoms with Gasteiger partial charge in [0.1, 0.15) is 5.82 Å². The number of hydrogen-bond donors (Lipinski definition) is 1. The number of nitrogens with one attached hydrogen (secondary N) is 1. The largest absolute Gasteiger partial charge is 0.354 e. The topological polar surface area (TPSA) is 28.2 Å². The Bertz CT molecular complexity index is 351. The number of hydrogen-bond acceptors (Lipinski definition) is 3. The van der Waals surface area contributed by atoms with Crippen molar-refractivity contribution in [2.75, 3.05) is 18.0 Å². The first-order chi connectivity index (χ1) is 8.65. The van der Waals surface area contributed by atoms with Gasteiger partial charge >= 0.3 is 0 Å². The maximum absolute atomic E-state index is 4.61. The van der Waals surface area contributed by atoms with Gasteiger partial charge in [-0.05, 0) is 39.8 Å². The van der Waals surface area contributed by atoms with Crippen LogP contribution in [0.3, 0.4) is 0 Å². The van der Waals surface area contributed by atoms with Crippen molar-refractivity contribution in [2.45, 2.75) is 53.1 Å². The lowest BCUT2D eigenvalue weighted by Crippen LogP contribution is -2.34. The van der Waals surface area contributed by atoms with Gasteiger partial charge in [-0.3, -0.25) is 0 Å². The monoisotopic (exact) mass is 249 g/mol. The van der Waals surface area contributed by atoms with Gasteiger partial charge in [-0.15, -0.1) is 0 Å². The number of anilines is 1. The lowest BCUT2D eigenvalue weighted by molar-refractivity contribution is 0.578. The van der Waals surface area contributed by atoms with Crippen molar-refractivity contribution in [1.82, 2.24) is 10.3 Å². The summed E-state index contributed by atoms with van der Waals surface area (Å²) in [7, 11) is 0. The van der Waals surface area contributed by atoms with Crippen molar-refractivity contribution in [3.8, 4) is 0 Å². The number of pyridine rings is 1. The zero-order valence-electron chi connectivity index (χ0n) is 12.4. The van der Waals surface area contributed by atoms with Crippen LogP contribution < -0.4 is 10.2 Å². The first-order valence-electron chi connectivity index (χ1n) is 7.10. The standard InChI is InChI=1S/C15H27N3/c1-6-12(4)18(8-3)15-14(10-9-11-17-15)13(5)16-7-2/h9-13,16H,6-8H2,1-5H3. The molecule has 1 heterocycles. The van der Waals surface area contributed by atoms with Crippen LogP contribution in [-0.4, -0.2) is 24.1 Å². The van der Waals surface area contributed by atoms with E-state index in [-0.39, 0.29) is 0 Å². The van der Waals surface area contributed by atoms with Crippen molar-refractivity contribution >= 4 is 5.82 Å². The molecular formula is C15H27N3.